The molecular weight excluding hydrogens is 168 g/mol. The molecule has 4 nitrogen and oxygen atoms in total. The zero-order valence-electron chi connectivity index (χ0n) is 7.06. The number of ketones is 1. The van der Waals surface area contributed by atoms with Crippen LogP contribution in [0.15, 0.2) is 24.4 Å². The first-order chi connectivity index (χ1) is 6.20. The van der Waals surface area contributed by atoms with Gasteiger partial charge in [0.05, 0.1) is 0 Å². The van der Waals surface area contributed by atoms with Gasteiger partial charge in [-0.05, 0) is 12.1 Å². The fraction of sp³-hybridized carbons (Fsp3) is 0.222. The van der Waals surface area contributed by atoms with Crippen molar-refractivity contribution in [3.05, 3.63) is 30.1 Å². The van der Waals surface area contributed by atoms with Crippen molar-refractivity contribution >= 4 is 11.7 Å². The highest BCUT2D eigenvalue weighted by Crippen LogP contribution is 2.00. The topological polar surface area (TPSA) is 73.1 Å². The molecule has 0 aromatic carbocycles. The Hall–Kier alpha value is -1.71. The summed E-state index contributed by atoms with van der Waals surface area (Å²) >= 11 is 0. The van der Waals surface area contributed by atoms with Crippen molar-refractivity contribution < 1.29 is 9.59 Å². The van der Waals surface area contributed by atoms with Gasteiger partial charge in [-0.25, -0.2) is 0 Å². The lowest BCUT2D eigenvalue weighted by Gasteiger charge is -1.96. The van der Waals surface area contributed by atoms with E-state index < -0.39 is 5.91 Å². The molecule has 0 atom stereocenters. The highest BCUT2D eigenvalue weighted by atomic mass is 16.1. The molecule has 13 heavy (non-hydrogen) atoms. The quantitative estimate of drug-likeness (QED) is 0.683. The van der Waals surface area contributed by atoms with E-state index >= 15 is 0 Å². The van der Waals surface area contributed by atoms with E-state index in [2.05, 4.69) is 4.98 Å². The van der Waals surface area contributed by atoms with Crippen LogP contribution in [0.1, 0.15) is 23.3 Å². The molecule has 1 amide bonds. The smallest absolute Gasteiger partial charge is 0.217 e. The van der Waals surface area contributed by atoms with E-state index in [1.807, 2.05) is 0 Å². The summed E-state index contributed by atoms with van der Waals surface area (Å²) in [4.78, 5) is 25.5. The molecule has 0 radical (unpaired) electrons. The minimum atomic E-state index is -0.468. The van der Waals surface area contributed by atoms with Crippen LogP contribution in [-0.4, -0.2) is 16.7 Å². The molecule has 0 bridgehead atoms. The van der Waals surface area contributed by atoms with Crippen LogP contribution in [0, 0.1) is 0 Å². The van der Waals surface area contributed by atoms with Gasteiger partial charge in [0.15, 0.2) is 5.78 Å². The summed E-state index contributed by atoms with van der Waals surface area (Å²) in [6, 6.07) is 5.07. The van der Waals surface area contributed by atoms with E-state index in [1.165, 1.54) is 6.20 Å². The van der Waals surface area contributed by atoms with Crippen LogP contribution in [0.2, 0.25) is 0 Å². The van der Waals surface area contributed by atoms with Crippen LogP contribution in [0.4, 0.5) is 0 Å². The van der Waals surface area contributed by atoms with Crippen LogP contribution >= 0.6 is 0 Å². The van der Waals surface area contributed by atoms with Gasteiger partial charge < -0.3 is 5.73 Å². The van der Waals surface area contributed by atoms with Crippen LogP contribution < -0.4 is 5.73 Å². The molecule has 0 aliphatic rings. The van der Waals surface area contributed by atoms with Gasteiger partial charge >= 0.3 is 0 Å². The molecule has 0 fully saturated rings. The van der Waals surface area contributed by atoms with E-state index in [4.69, 9.17) is 5.73 Å². The predicted molar refractivity (Wildman–Crippen MR) is 47.0 cm³/mol. The van der Waals surface area contributed by atoms with Gasteiger partial charge in [-0.15, -0.1) is 0 Å². The van der Waals surface area contributed by atoms with Gasteiger partial charge in [0, 0.05) is 19.0 Å². The monoisotopic (exact) mass is 178 g/mol. The molecule has 68 valence electrons. The molecule has 4 heteroatoms. The molecular formula is C9H10N2O2. The fourth-order valence-electron chi connectivity index (χ4n) is 0.893. The molecule has 2 N–H and O–H groups in total. The molecule has 1 heterocycles. The maximum absolute atomic E-state index is 11.3. The van der Waals surface area contributed by atoms with E-state index in [1.54, 1.807) is 18.2 Å². The summed E-state index contributed by atoms with van der Waals surface area (Å²) in [5.74, 6) is -0.622. The number of nitrogens with zero attached hydrogens (tertiary/aromatic N) is 1. The first kappa shape index (κ1) is 9.38. The second kappa shape index (κ2) is 4.35. The Morgan fingerprint density at radius 1 is 1.31 bits per heavy atom. The summed E-state index contributed by atoms with van der Waals surface area (Å²) in [5.41, 5.74) is 5.29. The largest absolute Gasteiger partial charge is 0.370 e. The van der Waals surface area contributed by atoms with Gasteiger partial charge in [0.2, 0.25) is 5.91 Å². The van der Waals surface area contributed by atoms with Crippen molar-refractivity contribution in [3.63, 3.8) is 0 Å². The molecule has 0 spiro atoms. The third-order valence-corrected chi connectivity index (χ3v) is 1.55. The molecule has 1 aromatic heterocycles. The number of hydrogen-bond acceptors (Lipinski definition) is 3. The summed E-state index contributed by atoms with van der Waals surface area (Å²) < 4.78 is 0. The number of carbonyl (C=O) groups excluding carboxylic acids is 2. The van der Waals surface area contributed by atoms with Crippen molar-refractivity contribution in [3.8, 4) is 0 Å². The molecule has 1 aromatic rings. The summed E-state index contributed by atoms with van der Waals surface area (Å²) in [5, 5.41) is 0. The minimum Gasteiger partial charge on any atom is -0.370 e. The maximum Gasteiger partial charge on any atom is 0.217 e. The number of pyridine rings is 1. The van der Waals surface area contributed by atoms with Gasteiger partial charge in [0.1, 0.15) is 5.69 Å². The molecule has 0 saturated carbocycles. The Balaban J connectivity index is 2.54. The Morgan fingerprint density at radius 3 is 2.62 bits per heavy atom. The third kappa shape index (κ3) is 3.02. The number of primary amides is 1. The molecule has 0 aliphatic carbocycles. The van der Waals surface area contributed by atoms with Crippen LogP contribution in [0.25, 0.3) is 0 Å². The van der Waals surface area contributed by atoms with Crippen molar-refractivity contribution in [2.75, 3.05) is 0 Å². The Bertz CT molecular complexity index is 309. The number of rotatable bonds is 4. The van der Waals surface area contributed by atoms with Crippen molar-refractivity contribution in [1.29, 1.82) is 0 Å². The lowest BCUT2D eigenvalue weighted by atomic mass is 10.1. The molecule has 0 saturated heterocycles. The lowest BCUT2D eigenvalue weighted by Crippen LogP contribution is -2.13. The van der Waals surface area contributed by atoms with Crippen LogP contribution in [-0.2, 0) is 4.79 Å². The van der Waals surface area contributed by atoms with Crippen LogP contribution in [0.3, 0.4) is 0 Å². The molecule has 0 aliphatic heterocycles. The Kier molecular flexibility index (Phi) is 3.14. The minimum absolute atomic E-state index is 0.0788. The first-order valence-corrected chi connectivity index (χ1v) is 3.92. The highest BCUT2D eigenvalue weighted by Gasteiger charge is 2.07. The first-order valence-electron chi connectivity index (χ1n) is 3.92. The summed E-state index contributed by atoms with van der Waals surface area (Å²) in [7, 11) is 0. The maximum atomic E-state index is 11.3. The number of nitrogens with two attached hydrogens (primary N) is 1. The van der Waals surface area contributed by atoms with E-state index in [-0.39, 0.29) is 18.6 Å². The Morgan fingerprint density at radius 2 is 2.08 bits per heavy atom. The average molecular weight is 178 g/mol. The van der Waals surface area contributed by atoms with Gasteiger partial charge in [-0.1, -0.05) is 6.07 Å². The standard InChI is InChI=1S/C9H10N2O2/c10-9(13)5-4-8(12)7-3-1-2-6-11-7/h1-3,6H,4-5H2,(H2,10,13). The van der Waals surface area contributed by atoms with E-state index in [0.29, 0.717) is 5.69 Å². The zero-order valence-corrected chi connectivity index (χ0v) is 7.06. The number of hydrogen-bond donors (Lipinski definition) is 1. The van der Waals surface area contributed by atoms with Crippen molar-refractivity contribution in [1.82, 2.24) is 4.98 Å². The Labute approximate surface area is 75.8 Å². The SMILES string of the molecule is NC(=O)CCC(=O)c1ccccn1. The second-order valence-electron chi connectivity index (χ2n) is 2.60. The second-order valence-corrected chi connectivity index (χ2v) is 2.60. The summed E-state index contributed by atoms with van der Waals surface area (Å²) in [6.45, 7) is 0. The number of amides is 1. The highest BCUT2D eigenvalue weighted by molar-refractivity contribution is 5.96. The third-order valence-electron chi connectivity index (χ3n) is 1.55. The number of carbonyl (C=O) groups is 2. The van der Waals surface area contributed by atoms with Gasteiger partial charge in [0.25, 0.3) is 0 Å². The zero-order chi connectivity index (χ0) is 9.68. The number of Topliss-reactive ketones (excluding diaryl/α,β-unsaturated/α-hetero) is 1. The van der Waals surface area contributed by atoms with E-state index in [9.17, 15) is 9.59 Å². The lowest BCUT2D eigenvalue weighted by molar-refractivity contribution is -0.118. The number of aromatic nitrogens is 1. The van der Waals surface area contributed by atoms with Gasteiger partial charge in [-0.2, -0.15) is 0 Å². The molecule has 0 unspecified atom stereocenters. The average Bonchev–Trinajstić information content (AvgIpc) is 2.15. The van der Waals surface area contributed by atoms with Gasteiger partial charge in [-0.3, -0.25) is 14.6 Å². The normalized spacial score (nSPS) is 9.54. The van der Waals surface area contributed by atoms with E-state index in [0.717, 1.165) is 0 Å². The fourth-order valence-corrected chi connectivity index (χ4v) is 0.893. The van der Waals surface area contributed by atoms with Crippen molar-refractivity contribution in [2.24, 2.45) is 5.73 Å². The van der Waals surface area contributed by atoms with Crippen molar-refractivity contribution in [2.45, 2.75) is 12.8 Å². The summed E-state index contributed by atoms with van der Waals surface area (Å²) in [6.07, 6.45) is 1.75. The predicted octanol–water partition coefficient (Wildman–Crippen LogP) is 0.530. The molecule has 1 rings (SSSR count). The van der Waals surface area contributed by atoms with Crippen LogP contribution in [0.5, 0.6) is 0 Å².